The number of aromatic nitrogens is 1. The standard InChI is InChI=1S/C18H19FN2/c1-13-10-17(19)7-6-16(13)12-21-9-8-14-4-3-5-15(11-20-2)18(14)21/h3-10,20H,11-12H2,1-2H3. The molecule has 0 fully saturated rings. The van der Waals surface area contributed by atoms with E-state index < -0.39 is 0 Å². The summed E-state index contributed by atoms with van der Waals surface area (Å²) < 4.78 is 15.5. The smallest absolute Gasteiger partial charge is 0.123 e. The van der Waals surface area contributed by atoms with Crippen LogP contribution in [0.3, 0.4) is 0 Å². The van der Waals surface area contributed by atoms with Gasteiger partial charge in [-0.25, -0.2) is 4.39 Å². The van der Waals surface area contributed by atoms with Crippen molar-refractivity contribution in [1.82, 2.24) is 9.88 Å². The molecule has 0 aliphatic rings. The van der Waals surface area contributed by atoms with Crippen molar-refractivity contribution < 1.29 is 4.39 Å². The fourth-order valence-corrected chi connectivity index (χ4v) is 2.83. The molecular formula is C18H19FN2. The Bertz CT molecular complexity index is 774. The molecule has 0 atom stereocenters. The first-order valence-electron chi connectivity index (χ1n) is 7.15. The van der Waals surface area contributed by atoms with Gasteiger partial charge in [-0.1, -0.05) is 24.3 Å². The quantitative estimate of drug-likeness (QED) is 0.769. The van der Waals surface area contributed by atoms with Crippen molar-refractivity contribution in [2.45, 2.75) is 20.0 Å². The molecule has 0 unspecified atom stereocenters. The van der Waals surface area contributed by atoms with E-state index in [0.29, 0.717) is 0 Å². The lowest BCUT2D eigenvalue weighted by Crippen LogP contribution is -2.08. The molecule has 3 rings (SSSR count). The summed E-state index contributed by atoms with van der Waals surface area (Å²) in [6.07, 6.45) is 2.10. The number of aryl methyl sites for hydroxylation is 1. The molecule has 1 aromatic heterocycles. The molecule has 3 heteroatoms. The molecule has 1 heterocycles. The first kappa shape index (κ1) is 13.8. The van der Waals surface area contributed by atoms with E-state index in [2.05, 4.69) is 40.3 Å². The zero-order chi connectivity index (χ0) is 14.8. The molecule has 0 saturated carbocycles. The molecule has 0 aliphatic carbocycles. The van der Waals surface area contributed by atoms with Crippen LogP contribution < -0.4 is 5.32 Å². The van der Waals surface area contributed by atoms with Gasteiger partial charge in [0, 0.05) is 19.3 Å². The summed E-state index contributed by atoms with van der Waals surface area (Å²) in [5, 5.41) is 4.45. The monoisotopic (exact) mass is 282 g/mol. The van der Waals surface area contributed by atoms with Crippen LogP contribution in [0, 0.1) is 12.7 Å². The number of rotatable bonds is 4. The number of halogens is 1. The number of hydrogen-bond donors (Lipinski definition) is 1. The molecule has 0 bridgehead atoms. The molecule has 0 amide bonds. The molecule has 2 aromatic carbocycles. The molecule has 0 radical (unpaired) electrons. The van der Waals surface area contributed by atoms with Crippen molar-refractivity contribution in [3.05, 3.63) is 71.2 Å². The van der Waals surface area contributed by atoms with Crippen LogP contribution in [0.2, 0.25) is 0 Å². The number of hydrogen-bond acceptors (Lipinski definition) is 1. The number of nitrogens with zero attached hydrogens (tertiary/aromatic N) is 1. The highest BCUT2D eigenvalue weighted by molar-refractivity contribution is 5.83. The number of fused-ring (bicyclic) bond motifs is 1. The highest BCUT2D eigenvalue weighted by atomic mass is 19.1. The maximum Gasteiger partial charge on any atom is 0.123 e. The van der Waals surface area contributed by atoms with Gasteiger partial charge >= 0.3 is 0 Å². The van der Waals surface area contributed by atoms with Gasteiger partial charge in [-0.3, -0.25) is 0 Å². The molecule has 108 valence electrons. The molecule has 3 aromatic rings. The average Bonchev–Trinajstić information content (AvgIpc) is 2.87. The molecule has 0 aliphatic heterocycles. The normalized spacial score (nSPS) is 11.2. The van der Waals surface area contributed by atoms with Gasteiger partial charge in [-0.2, -0.15) is 0 Å². The summed E-state index contributed by atoms with van der Waals surface area (Å²) in [5.74, 6) is -0.176. The van der Waals surface area contributed by atoms with E-state index in [0.717, 1.165) is 24.2 Å². The molecule has 21 heavy (non-hydrogen) atoms. The fourth-order valence-electron chi connectivity index (χ4n) is 2.83. The van der Waals surface area contributed by atoms with Crippen molar-refractivity contribution in [3.63, 3.8) is 0 Å². The van der Waals surface area contributed by atoms with Crippen LogP contribution >= 0.6 is 0 Å². The average molecular weight is 282 g/mol. The number of para-hydroxylation sites is 1. The van der Waals surface area contributed by atoms with Crippen LogP contribution in [0.4, 0.5) is 4.39 Å². The van der Waals surface area contributed by atoms with Crippen LogP contribution in [0.1, 0.15) is 16.7 Å². The molecular weight excluding hydrogens is 263 g/mol. The predicted octanol–water partition coefficient (Wildman–Crippen LogP) is 3.86. The van der Waals surface area contributed by atoms with Gasteiger partial charge in [0.25, 0.3) is 0 Å². The van der Waals surface area contributed by atoms with Crippen molar-refractivity contribution in [3.8, 4) is 0 Å². The first-order chi connectivity index (χ1) is 10.2. The van der Waals surface area contributed by atoms with E-state index in [1.807, 2.05) is 20.0 Å². The number of nitrogens with one attached hydrogen (secondary N) is 1. The van der Waals surface area contributed by atoms with Gasteiger partial charge in [-0.05, 0) is 54.2 Å². The van der Waals surface area contributed by atoms with Crippen molar-refractivity contribution in [2.75, 3.05) is 7.05 Å². The lowest BCUT2D eigenvalue weighted by atomic mass is 10.1. The third kappa shape index (κ3) is 2.69. The maximum absolute atomic E-state index is 13.2. The molecule has 1 N–H and O–H groups in total. The minimum absolute atomic E-state index is 0.176. The predicted molar refractivity (Wildman–Crippen MR) is 84.9 cm³/mol. The van der Waals surface area contributed by atoms with Crippen LogP contribution in [0.5, 0.6) is 0 Å². The Labute approximate surface area is 124 Å². The summed E-state index contributed by atoms with van der Waals surface area (Å²) in [4.78, 5) is 0. The minimum atomic E-state index is -0.176. The van der Waals surface area contributed by atoms with E-state index in [1.165, 1.54) is 22.5 Å². The van der Waals surface area contributed by atoms with E-state index in [1.54, 1.807) is 6.07 Å². The highest BCUT2D eigenvalue weighted by Gasteiger charge is 2.08. The van der Waals surface area contributed by atoms with E-state index in [-0.39, 0.29) is 5.82 Å². The van der Waals surface area contributed by atoms with Gasteiger partial charge in [-0.15, -0.1) is 0 Å². The molecule has 0 saturated heterocycles. The van der Waals surface area contributed by atoms with Crippen LogP contribution in [0.15, 0.2) is 48.7 Å². The Kier molecular flexibility index (Phi) is 3.76. The zero-order valence-electron chi connectivity index (χ0n) is 12.4. The molecule has 0 spiro atoms. The Morgan fingerprint density at radius 2 is 1.95 bits per heavy atom. The van der Waals surface area contributed by atoms with Gasteiger partial charge in [0.05, 0.1) is 5.52 Å². The van der Waals surface area contributed by atoms with Crippen LogP contribution in [-0.2, 0) is 13.1 Å². The Balaban J connectivity index is 2.04. The number of benzene rings is 2. The SMILES string of the molecule is CNCc1cccc2ccn(Cc3ccc(F)cc3C)c12. The Hall–Kier alpha value is -2.13. The second-order valence-electron chi connectivity index (χ2n) is 5.40. The van der Waals surface area contributed by atoms with Crippen LogP contribution in [0.25, 0.3) is 10.9 Å². The van der Waals surface area contributed by atoms with Crippen molar-refractivity contribution in [1.29, 1.82) is 0 Å². The molecule has 2 nitrogen and oxygen atoms in total. The summed E-state index contributed by atoms with van der Waals surface area (Å²) in [6.45, 7) is 3.55. The van der Waals surface area contributed by atoms with Crippen LogP contribution in [-0.4, -0.2) is 11.6 Å². The lowest BCUT2D eigenvalue weighted by Gasteiger charge is -2.12. The van der Waals surface area contributed by atoms with Gasteiger partial charge in [0.2, 0.25) is 0 Å². The largest absolute Gasteiger partial charge is 0.343 e. The topological polar surface area (TPSA) is 17.0 Å². The minimum Gasteiger partial charge on any atom is -0.343 e. The van der Waals surface area contributed by atoms with Gasteiger partial charge in [0.15, 0.2) is 0 Å². The zero-order valence-corrected chi connectivity index (χ0v) is 12.4. The summed E-state index contributed by atoms with van der Waals surface area (Å²) in [6, 6.07) is 13.5. The Morgan fingerprint density at radius 1 is 1.10 bits per heavy atom. The van der Waals surface area contributed by atoms with E-state index in [9.17, 15) is 4.39 Å². The van der Waals surface area contributed by atoms with Gasteiger partial charge in [0.1, 0.15) is 5.82 Å². The second kappa shape index (κ2) is 5.70. The van der Waals surface area contributed by atoms with Crippen molar-refractivity contribution >= 4 is 10.9 Å². The lowest BCUT2D eigenvalue weighted by molar-refractivity contribution is 0.625. The van der Waals surface area contributed by atoms with Crippen molar-refractivity contribution in [2.24, 2.45) is 0 Å². The third-order valence-electron chi connectivity index (χ3n) is 3.88. The summed E-state index contributed by atoms with van der Waals surface area (Å²) in [7, 11) is 1.95. The fraction of sp³-hybridized carbons (Fsp3) is 0.222. The summed E-state index contributed by atoms with van der Waals surface area (Å²) >= 11 is 0. The van der Waals surface area contributed by atoms with E-state index in [4.69, 9.17) is 0 Å². The highest BCUT2D eigenvalue weighted by Crippen LogP contribution is 2.22. The summed E-state index contributed by atoms with van der Waals surface area (Å²) in [5.41, 5.74) is 4.66. The van der Waals surface area contributed by atoms with E-state index >= 15 is 0 Å². The maximum atomic E-state index is 13.2. The Morgan fingerprint density at radius 3 is 2.71 bits per heavy atom. The first-order valence-corrected chi connectivity index (χ1v) is 7.15. The second-order valence-corrected chi connectivity index (χ2v) is 5.40. The third-order valence-corrected chi connectivity index (χ3v) is 3.88. The van der Waals surface area contributed by atoms with Gasteiger partial charge < -0.3 is 9.88 Å².